The second kappa shape index (κ2) is 6.93. The Balaban J connectivity index is 1.79. The van der Waals surface area contributed by atoms with E-state index in [2.05, 4.69) is 4.74 Å². The molecule has 0 saturated heterocycles. The fourth-order valence-corrected chi connectivity index (χ4v) is 3.31. The minimum Gasteiger partial charge on any atom is -0.465 e. The van der Waals surface area contributed by atoms with Crippen LogP contribution in [0.2, 0.25) is 0 Å². The smallest absolute Gasteiger partial charge is 0.337 e. The number of carbonyl (C=O) groups excluding carboxylic acids is 1. The molecule has 1 aromatic heterocycles. The number of hydrogen-bond acceptors (Lipinski definition) is 3. The van der Waals surface area contributed by atoms with Crippen molar-refractivity contribution < 1.29 is 17.9 Å². The van der Waals surface area contributed by atoms with Gasteiger partial charge < -0.3 is 4.74 Å². The van der Waals surface area contributed by atoms with E-state index in [-0.39, 0.29) is 11.8 Å². The van der Waals surface area contributed by atoms with Gasteiger partial charge in [-0.25, -0.2) is 9.18 Å². The van der Waals surface area contributed by atoms with Crippen LogP contribution in [-0.4, -0.2) is 13.1 Å². The molecule has 0 unspecified atom stereocenters. The summed E-state index contributed by atoms with van der Waals surface area (Å²) in [6.07, 6.45) is 1.94. The van der Waals surface area contributed by atoms with Gasteiger partial charge in [0.25, 0.3) is 0 Å². The molecule has 0 saturated carbocycles. The Bertz CT molecular complexity index is 871. The molecular weight excluding hydrogens is 325 g/mol. The average molecular weight is 342 g/mol. The van der Waals surface area contributed by atoms with E-state index in [1.165, 1.54) is 18.6 Å². The summed E-state index contributed by atoms with van der Waals surface area (Å²) in [5.74, 6) is -0.521. The number of methoxy groups -OCH3 is 1. The van der Waals surface area contributed by atoms with Crippen LogP contribution in [0.25, 0.3) is 11.1 Å². The van der Waals surface area contributed by atoms with Gasteiger partial charge in [-0.05, 0) is 24.6 Å². The zero-order valence-corrected chi connectivity index (χ0v) is 14.3. The third-order valence-electron chi connectivity index (χ3n) is 3.81. The van der Waals surface area contributed by atoms with E-state index in [9.17, 15) is 9.18 Å². The summed E-state index contributed by atoms with van der Waals surface area (Å²) in [5, 5.41) is 1.95. The number of aryl methyl sites for hydroxylation is 1. The normalized spacial score (nSPS) is 10.6. The standard InChI is InChI=1S/C19H17FNO2S/c1-13-4-3-5-17(18(13)20)16-11-21(24-12-16)10-14-6-8-15(9-7-14)19(22)23-2/h3-9,11-12H,10H2,1-2H3/q+1. The van der Waals surface area contributed by atoms with Crippen molar-refractivity contribution in [1.29, 1.82) is 0 Å². The van der Waals surface area contributed by atoms with Crippen molar-refractivity contribution in [3.63, 3.8) is 0 Å². The Morgan fingerprint density at radius 2 is 1.96 bits per heavy atom. The molecule has 24 heavy (non-hydrogen) atoms. The molecule has 122 valence electrons. The van der Waals surface area contributed by atoms with E-state index in [1.54, 1.807) is 31.2 Å². The predicted octanol–water partition coefficient (Wildman–Crippen LogP) is 3.99. The second-order valence-corrected chi connectivity index (χ2v) is 6.42. The third-order valence-corrected chi connectivity index (χ3v) is 4.68. The molecule has 2 aromatic carbocycles. The van der Waals surface area contributed by atoms with Gasteiger partial charge in [0.05, 0.1) is 23.6 Å². The first-order valence-electron chi connectivity index (χ1n) is 7.49. The van der Waals surface area contributed by atoms with E-state index in [4.69, 9.17) is 0 Å². The van der Waals surface area contributed by atoms with Crippen LogP contribution in [0.3, 0.4) is 0 Å². The Labute approximate surface area is 144 Å². The highest BCUT2D eigenvalue weighted by molar-refractivity contribution is 6.99. The van der Waals surface area contributed by atoms with Gasteiger partial charge in [-0.3, -0.25) is 0 Å². The van der Waals surface area contributed by atoms with Gasteiger partial charge in [0.1, 0.15) is 17.3 Å². The minimum absolute atomic E-state index is 0.176. The van der Waals surface area contributed by atoms with Crippen molar-refractivity contribution in [3.8, 4) is 11.1 Å². The number of halogens is 1. The molecule has 0 radical (unpaired) electrons. The van der Waals surface area contributed by atoms with Crippen LogP contribution in [0.1, 0.15) is 21.5 Å². The van der Waals surface area contributed by atoms with Gasteiger partial charge in [-0.1, -0.05) is 30.3 Å². The van der Waals surface area contributed by atoms with Gasteiger partial charge in [0.2, 0.25) is 0 Å². The van der Waals surface area contributed by atoms with Crippen molar-refractivity contribution in [2.75, 3.05) is 7.11 Å². The molecule has 0 spiro atoms. The van der Waals surface area contributed by atoms with E-state index in [1.807, 2.05) is 33.7 Å². The first-order chi connectivity index (χ1) is 11.6. The maximum atomic E-state index is 14.2. The molecule has 3 rings (SSSR count). The molecule has 0 amide bonds. The molecule has 0 aliphatic carbocycles. The summed E-state index contributed by atoms with van der Waals surface area (Å²) in [4.78, 5) is 11.4. The summed E-state index contributed by atoms with van der Waals surface area (Å²) in [7, 11) is 1.36. The van der Waals surface area contributed by atoms with Crippen molar-refractivity contribution in [3.05, 3.63) is 76.5 Å². The van der Waals surface area contributed by atoms with Crippen molar-refractivity contribution in [2.24, 2.45) is 0 Å². The number of benzene rings is 2. The Hall–Kier alpha value is -2.53. The lowest BCUT2D eigenvalue weighted by Crippen LogP contribution is -2.28. The summed E-state index contributed by atoms with van der Waals surface area (Å²) >= 11 is 1.53. The fourth-order valence-electron chi connectivity index (χ4n) is 2.47. The molecule has 0 N–H and O–H groups in total. The Kier molecular flexibility index (Phi) is 4.71. The van der Waals surface area contributed by atoms with Crippen LogP contribution in [-0.2, 0) is 11.3 Å². The summed E-state index contributed by atoms with van der Waals surface area (Å²) < 4.78 is 21.0. The van der Waals surface area contributed by atoms with Gasteiger partial charge in [-0.15, -0.1) is 3.96 Å². The predicted molar refractivity (Wildman–Crippen MR) is 91.5 cm³/mol. The minimum atomic E-state index is -0.345. The number of carbonyl (C=O) groups is 1. The van der Waals surface area contributed by atoms with Gasteiger partial charge >= 0.3 is 5.97 Å². The van der Waals surface area contributed by atoms with Gasteiger partial charge in [-0.2, -0.15) is 0 Å². The number of hydrogen-bond donors (Lipinski definition) is 0. The second-order valence-electron chi connectivity index (χ2n) is 5.51. The number of aromatic nitrogens is 1. The lowest BCUT2D eigenvalue weighted by Gasteiger charge is -2.01. The SMILES string of the molecule is COC(=O)c1ccc(C[n+]2cc(-c3cccc(C)c3F)cs2)cc1. The summed E-state index contributed by atoms with van der Waals surface area (Å²) in [6.45, 7) is 2.43. The van der Waals surface area contributed by atoms with Crippen LogP contribution in [0.15, 0.2) is 54.0 Å². The van der Waals surface area contributed by atoms with Crippen LogP contribution < -0.4 is 3.96 Å². The largest absolute Gasteiger partial charge is 0.465 e. The van der Waals surface area contributed by atoms with Crippen molar-refractivity contribution >= 4 is 17.5 Å². The molecular formula is C19H17FNO2S+. The van der Waals surface area contributed by atoms with E-state index in [0.717, 1.165) is 11.1 Å². The number of esters is 1. The van der Waals surface area contributed by atoms with Gasteiger partial charge in [0.15, 0.2) is 12.7 Å². The van der Waals surface area contributed by atoms with Crippen LogP contribution in [0.5, 0.6) is 0 Å². The quantitative estimate of drug-likeness (QED) is 0.530. The molecule has 3 nitrogen and oxygen atoms in total. The zero-order chi connectivity index (χ0) is 17.1. The first-order valence-corrected chi connectivity index (χ1v) is 8.33. The monoisotopic (exact) mass is 342 g/mol. The molecule has 1 heterocycles. The van der Waals surface area contributed by atoms with E-state index < -0.39 is 0 Å². The Morgan fingerprint density at radius 1 is 1.21 bits per heavy atom. The fraction of sp³-hybridized carbons (Fsp3) is 0.158. The van der Waals surface area contributed by atoms with Crippen LogP contribution in [0, 0.1) is 12.7 Å². The third kappa shape index (κ3) is 3.36. The molecule has 3 aromatic rings. The van der Waals surface area contributed by atoms with Crippen molar-refractivity contribution in [2.45, 2.75) is 13.5 Å². The molecule has 0 aliphatic heterocycles. The molecule has 0 atom stereocenters. The highest BCUT2D eigenvalue weighted by Gasteiger charge is 2.15. The number of ether oxygens (including phenoxy) is 1. The van der Waals surface area contributed by atoms with E-state index in [0.29, 0.717) is 23.2 Å². The maximum Gasteiger partial charge on any atom is 0.337 e. The van der Waals surface area contributed by atoms with Gasteiger partial charge in [0, 0.05) is 11.1 Å². The summed E-state index contributed by atoms with van der Waals surface area (Å²) in [5.41, 5.74) is 3.72. The number of rotatable bonds is 4. The first kappa shape index (κ1) is 16.3. The summed E-state index contributed by atoms with van der Waals surface area (Å²) in [6, 6.07) is 12.7. The molecule has 0 bridgehead atoms. The Morgan fingerprint density at radius 3 is 2.67 bits per heavy atom. The molecule has 5 heteroatoms. The molecule has 0 aliphatic rings. The topological polar surface area (TPSA) is 30.2 Å². The average Bonchev–Trinajstić information content (AvgIpc) is 3.05. The van der Waals surface area contributed by atoms with Crippen molar-refractivity contribution in [1.82, 2.24) is 0 Å². The van der Waals surface area contributed by atoms with Crippen LogP contribution in [0.4, 0.5) is 4.39 Å². The lowest BCUT2D eigenvalue weighted by atomic mass is 10.1. The lowest BCUT2D eigenvalue weighted by molar-refractivity contribution is -0.618. The zero-order valence-electron chi connectivity index (χ0n) is 13.5. The maximum absolute atomic E-state index is 14.2. The van der Waals surface area contributed by atoms with E-state index >= 15 is 0 Å². The highest BCUT2D eigenvalue weighted by atomic mass is 32.1. The van der Waals surface area contributed by atoms with Crippen LogP contribution >= 0.6 is 11.5 Å². The number of nitrogens with zero attached hydrogens (tertiary/aromatic N) is 1. The highest BCUT2D eigenvalue weighted by Crippen LogP contribution is 2.25. The molecule has 0 fully saturated rings.